The highest BCUT2D eigenvalue weighted by Crippen LogP contribution is 2.35. The Labute approximate surface area is 170 Å². The van der Waals surface area contributed by atoms with Gasteiger partial charge in [-0.15, -0.1) is 0 Å². The van der Waals surface area contributed by atoms with Crippen LogP contribution in [0.1, 0.15) is 23.4 Å². The lowest BCUT2D eigenvalue weighted by molar-refractivity contribution is -0.141. The summed E-state index contributed by atoms with van der Waals surface area (Å²) in [6, 6.07) is 6.31. The second kappa shape index (κ2) is 8.71. The van der Waals surface area contributed by atoms with E-state index in [2.05, 4.69) is 10.00 Å². The molecule has 0 unspecified atom stereocenters. The van der Waals surface area contributed by atoms with Gasteiger partial charge in [-0.2, -0.15) is 18.3 Å². The van der Waals surface area contributed by atoms with Crippen LogP contribution in [-0.2, 0) is 24.1 Å². The molecule has 1 saturated heterocycles. The van der Waals surface area contributed by atoms with Crippen molar-refractivity contribution in [1.82, 2.24) is 19.6 Å². The van der Waals surface area contributed by atoms with Crippen LogP contribution in [0.3, 0.4) is 0 Å². The molecule has 1 aromatic carbocycles. The van der Waals surface area contributed by atoms with Crippen molar-refractivity contribution in [3.63, 3.8) is 0 Å². The van der Waals surface area contributed by atoms with Crippen molar-refractivity contribution in [2.45, 2.75) is 32.6 Å². The number of alkyl halides is 3. The van der Waals surface area contributed by atoms with Crippen molar-refractivity contribution in [3.8, 4) is 0 Å². The highest BCUT2D eigenvalue weighted by Gasteiger charge is 2.38. The molecule has 0 atom stereocenters. The molecule has 1 aliphatic heterocycles. The van der Waals surface area contributed by atoms with E-state index in [-0.39, 0.29) is 30.4 Å². The molecule has 0 radical (unpaired) electrons. The first-order valence-electron chi connectivity index (χ1n) is 9.20. The fraction of sp³-hybridized carbons (Fsp3) is 0.474. The van der Waals surface area contributed by atoms with E-state index in [9.17, 15) is 22.4 Å². The topological polar surface area (TPSA) is 41.4 Å². The minimum absolute atomic E-state index is 0.0380. The average Bonchev–Trinajstić information content (AvgIpc) is 2.97. The fourth-order valence-corrected chi connectivity index (χ4v) is 3.53. The van der Waals surface area contributed by atoms with Crippen LogP contribution in [0.2, 0.25) is 5.02 Å². The maximum Gasteiger partial charge on any atom is 0.436 e. The Morgan fingerprint density at radius 1 is 1.14 bits per heavy atom. The maximum absolute atomic E-state index is 13.0. The first-order chi connectivity index (χ1) is 13.6. The Kier molecular flexibility index (Phi) is 6.48. The van der Waals surface area contributed by atoms with E-state index in [4.69, 9.17) is 11.6 Å². The van der Waals surface area contributed by atoms with Gasteiger partial charge in [-0.1, -0.05) is 23.7 Å². The van der Waals surface area contributed by atoms with E-state index in [1.807, 2.05) is 0 Å². The zero-order valence-electron chi connectivity index (χ0n) is 15.8. The van der Waals surface area contributed by atoms with Gasteiger partial charge >= 0.3 is 6.18 Å². The summed E-state index contributed by atoms with van der Waals surface area (Å²) in [6.07, 6.45) is -4.58. The summed E-state index contributed by atoms with van der Waals surface area (Å²) in [7, 11) is 0. The van der Waals surface area contributed by atoms with E-state index < -0.39 is 16.9 Å². The zero-order valence-corrected chi connectivity index (χ0v) is 16.6. The van der Waals surface area contributed by atoms with Crippen molar-refractivity contribution in [2.24, 2.45) is 0 Å². The summed E-state index contributed by atoms with van der Waals surface area (Å²) in [5, 5.41) is 3.09. The van der Waals surface area contributed by atoms with Gasteiger partial charge in [0.05, 0.1) is 17.3 Å². The molecule has 158 valence electrons. The van der Waals surface area contributed by atoms with Gasteiger partial charge in [0.1, 0.15) is 5.82 Å². The number of carbonyl (C=O) groups is 1. The van der Waals surface area contributed by atoms with Gasteiger partial charge in [0.15, 0.2) is 5.69 Å². The number of rotatable bonds is 5. The summed E-state index contributed by atoms with van der Waals surface area (Å²) in [5.41, 5.74) is 0.0621. The Bertz CT molecular complexity index is 858. The number of benzene rings is 1. The second-order valence-electron chi connectivity index (χ2n) is 7.00. The Morgan fingerprint density at radius 2 is 1.76 bits per heavy atom. The third-order valence-corrected chi connectivity index (χ3v) is 5.44. The van der Waals surface area contributed by atoms with Crippen LogP contribution in [-0.4, -0.2) is 51.7 Å². The highest BCUT2D eigenvalue weighted by atomic mass is 35.5. The lowest BCUT2D eigenvalue weighted by Gasteiger charge is -2.34. The molecule has 0 N–H and O–H groups in total. The molecule has 0 aliphatic carbocycles. The maximum atomic E-state index is 13.0. The van der Waals surface area contributed by atoms with Crippen LogP contribution in [0, 0.1) is 12.7 Å². The molecule has 10 heteroatoms. The fourth-order valence-electron chi connectivity index (χ4n) is 3.29. The van der Waals surface area contributed by atoms with Gasteiger partial charge in [-0.05, 0) is 24.6 Å². The molecule has 29 heavy (non-hydrogen) atoms. The van der Waals surface area contributed by atoms with E-state index in [0.717, 1.165) is 10.2 Å². The molecular weight excluding hydrogens is 412 g/mol. The van der Waals surface area contributed by atoms with Crippen LogP contribution >= 0.6 is 11.6 Å². The van der Waals surface area contributed by atoms with Gasteiger partial charge in [0, 0.05) is 39.1 Å². The normalized spacial score (nSPS) is 15.7. The second-order valence-corrected chi connectivity index (χ2v) is 7.38. The van der Waals surface area contributed by atoms with E-state index in [1.165, 1.54) is 19.1 Å². The molecule has 2 aromatic rings. The number of hydrogen-bond donors (Lipinski definition) is 0. The molecule has 1 aromatic heterocycles. The summed E-state index contributed by atoms with van der Waals surface area (Å²) < 4.78 is 52.8. The molecule has 5 nitrogen and oxygen atoms in total. The molecular formula is C19H21ClF4N4O. The smallest absolute Gasteiger partial charge is 0.340 e. The summed E-state index contributed by atoms with van der Waals surface area (Å²) in [5.74, 6) is -0.411. The van der Waals surface area contributed by atoms with Crippen molar-refractivity contribution >= 4 is 17.5 Å². The van der Waals surface area contributed by atoms with Crippen LogP contribution in [0.25, 0.3) is 0 Å². The number of piperazine rings is 1. The quantitative estimate of drug-likeness (QED) is 0.676. The van der Waals surface area contributed by atoms with Crippen LogP contribution < -0.4 is 0 Å². The van der Waals surface area contributed by atoms with Crippen LogP contribution in [0.4, 0.5) is 17.6 Å². The Morgan fingerprint density at radius 3 is 2.31 bits per heavy atom. The van der Waals surface area contributed by atoms with Crippen LogP contribution in [0.15, 0.2) is 24.3 Å². The first-order valence-corrected chi connectivity index (χ1v) is 9.57. The molecule has 1 aliphatic rings. The van der Waals surface area contributed by atoms with Gasteiger partial charge in [0.2, 0.25) is 5.91 Å². The van der Waals surface area contributed by atoms with Gasteiger partial charge in [-0.3, -0.25) is 14.4 Å². The Hall–Kier alpha value is -2.13. The number of hydrogen-bond acceptors (Lipinski definition) is 3. The minimum Gasteiger partial charge on any atom is -0.340 e. The monoisotopic (exact) mass is 432 g/mol. The summed E-state index contributed by atoms with van der Waals surface area (Å²) in [4.78, 5) is 16.3. The van der Waals surface area contributed by atoms with Gasteiger partial charge in [-0.25, -0.2) is 4.39 Å². The number of halogens is 5. The van der Waals surface area contributed by atoms with Gasteiger partial charge in [0.25, 0.3) is 0 Å². The number of carbonyl (C=O) groups excluding carboxylic acids is 1. The third kappa shape index (κ3) is 5.27. The molecule has 2 heterocycles. The predicted octanol–water partition coefficient (Wildman–Crippen LogP) is 3.74. The number of aromatic nitrogens is 2. The SMILES string of the molecule is Cc1c(Cl)c(C(F)(F)F)nn1CCC(=O)N1CCN(Cc2ccc(F)cc2)CC1. The first kappa shape index (κ1) is 21.6. The number of amides is 1. The average molecular weight is 433 g/mol. The summed E-state index contributed by atoms with van der Waals surface area (Å²) in [6.45, 7) is 4.58. The predicted molar refractivity (Wildman–Crippen MR) is 99.9 cm³/mol. The molecule has 3 rings (SSSR count). The lowest BCUT2D eigenvalue weighted by Crippen LogP contribution is -2.48. The third-order valence-electron chi connectivity index (χ3n) is 4.98. The minimum atomic E-state index is -4.63. The zero-order chi connectivity index (χ0) is 21.2. The van der Waals surface area contributed by atoms with Crippen LogP contribution in [0.5, 0.6) is 0 Å². The summed E-state index contributed by atoms with van der Waals surface area (Å²) >= 11 is 5.73. The molecule has 1 amide bonds. The van der Waals surface area contributed by atoms with Crippen molar-refractivity contribution in [1.29, 1.82) is 0 Å². The van der Waals surface area contributed by atoms with Gasteiger partial charge < -0.3 is 4.90 Å². The van der Waals surface area contributed by atoms with Crippen molar-refractivity contribution in [3.05, 3.63) is 52.1 Å². The van der Waals surface area contributed by atoms with E-state index in [1.54, 1.807) is 17.0 Å². The highest BCUT2D eigenvalue weighted by molar-refractivity contribution is 6.31. The number of aryl methyl sites for hydroxylation is 1. The van der Waals surface area contributed by atoms with Crippen molar-refractivity contribution < 1.29 is 22.4 Å². The molecule has 0 bridgehead atoms. The lowest BCUT2D eigenvalue weighted by atomic mass is 10.2. The largest absolute Gasteiger partial charge is 0.436 e. The van der Waals surface area contributed by atoms with E-state index >= 15 is 0 Å². The number of nitrogens with zero attached hydrogens (tertiary/aromatic N) is 4. The molecule has 0 saturated carbocycles. The Balaban J connectivity index is 1.49. The molecule has 0 spiro atoms. The van der Waals surface area contributed by atoms with E-state index in [0.29, 0.717) is 32.7 Å². The van der Waals surface area contributed by atoms with Crippen molar-refractivity contribution in [2.75, 3.05) is 26.2 Å². The molecule has 1 fully saturated rings. The standard InChI is InChI=1S/C19H21ClF4N4O/c1-13-17(20)18(19(22,23)24)25-28(13)7-6-16(29)27-10-8-26(9-11-27)12-14-2-4-15(21)5-3-14/h2-5H,6-12H2,1H3.